The minimum Gasteiger partial charge on any atom is -0.383 e. The maximum atomic E-state index is 12.8. The van der Waals surface area contributed by atoms with Gasteiger partial charge in [0.25, 0.3) is 5.91 Å². The molecule has 1 aliphatic heterocycles. The van der Waals surface area contributed by atoms with Crippen LogP contribution in [0.4, 0.5) is 0 Å². The maximum absolute atomic E-state index is 12.8. The molecule has 124 valence electrons. The molecule has 5 heteroatoms. The SMILES string of the molecule is COCCNC(=O)[C@@H](c1ccccc1)N1Cc2ccccc2C1=O. The van der Waals surface area contributed by atoms with Crippen LogP contribution >= 0.6 is 0 Å². The summed E-state index contributed by atoms with van der Waals surface area (Å²) in [5, 5.41) is 2.85. The van der Waals surface area contributed by atoms with E-state index in [-0.39, 0.29) is 11.8 Å². The monoisotopic (exact) mass is 324 g/mol. The fourth-order valence-corrected chi connectivity index (χ4v) is 2.97. The molecule has 1 N–H and O–H groups in total. The Labute approximate surface area is 141 Å². The van der Waals surface area contributed by atoms with E-state index < -0.39 is 6.04 Å². The molecule has 0 saturated heterocycles. The van der Waals surface area contributed by atoms with E-state index in [1.807, 2.05) is 54.6 Å². The molecule has 3 rings (SSSR count). The summed E-state index contributed by atoms with van der Waals surface area (Å²) in [5.74, 6) is -0.305. The Morgan fingerprint density at radius 2 is 1.88 bits per heavy atom. The summed E-state index contributed by atoms with van der Waals surface area (Å²) in [6, 6.07) is 16.2. The van der Waals surface area contributed by atoms with Crippen molar-refractivity contribution in [3.8, 4) is 0 Å². The summed E-state index contributed by atoms with van der Waals surface area (Å²) in [7, 11) is 1.58. The van der Waals surface area contributed by atoms with E-state index in [1.165, 1.54) is 0 Å². The normalized spacial score (nSPS) is 14.4. The first-order chi connectivity index (χ1) is 11.7. The number of hydrogen-bond donors (Lipinski definition) is 1. The molecular weight excluding hydrogens is 304 g/mol. The van der Waals surface area contributed by atoms with Crippen LogP contribution in [0.2, 0.25) is 0 Å². The van der Waals surface area contributed by atoms with Gasteiger partial charge in [0.15, 0.2) is 0 Å². The molecule has 0 unspecified atom stereocenters. The lowest BCUT2D eigenvalue weighted by molar-refractivity contribution is -0.126. The Bertz CT molecular complexity index is 730. The molecule has 0 saturated carbocycles. The van der Waals surface area contributed by atoms with Crippen LogP contribution < -0.4 is 5.32 Å². The van der Waals surface area contributed by atoms with E-state index >= 15 is 0 Å². The number of nitrogens with one attached hydrogen (secondary N) is 1. The van der Waals surface area contributed by atoms with E-state index in [9.17, 15) is 9.59 Å². The number of nitrogens with zero attached hydrogens (tertiary/aromatic N) is 1. The van der Waals surface area contributed by atoms with Gasteiger partial charge in [0, 0.05) is 25.8 Å². The van der Waals surface area contributed by atoms with Crippen LogP contribution in [0.25, 0.3) is 0 Å². The molecule has 0 bridgehead atoms. The zero-order chi connectivity index (χ0) is 16.9. The lowest BCUT2D eigenvalue weighted by Crippen LogP contribution is -2.41. The molecule has 0 aliphatic carbocycles. The van der Waals surface area contributed by atoms with Crippen molar-refractivity contribution in [3.63, 3.8) is 0 Å². The number of hydrogen-bond acceptors (Lipinski definition) is 3. The zero-order valence-corrected chi connectivity index (χ0v) is 13.6. The first kappa shape index (κ1) is 16.2. The Balaban J connectivity index is 1.89. The van der Waals surface area contributed by atoms with Crippen LogP contribution in [0, 0.1) is 0 Å². The quantitative estimate of drug-likeness (QED) is 0.828. The van der Waals surface area contributed by atoms with Crippen LogP contribution in [0.1, 0.15) is 27.5 Å². The van der Waals surface area contributed by atoms with Crippen molar-refractivity contribution in [2.45, 2.75) is 12.6 Å². The second kappa shape index (κ2) is 7.27. The molecule has 0 spiro atoms. The van der Waals surface area contributed by atoms with E-state index in [4.69, 9.17) is 4.74 Å². The molecule has 2 aromatic rings. The van der Waals surface area contributed by atoms with Gasteiger partial charge in [-0.05, 0) is 17.2 Å². The average Bonchev–Trinajstić information content (AvgIpc) is 2.93. The zero-order valence-electron chi connectivity index (χ0n) is 13.6. The molecular formula is C19H20N2O3. The summed E-state index contributed by atoms with van der Waals surface area (Å²) in [4.78, 5) is 27.1. The van der Waals surface area contributed by atoms with Gasteiger partial charge in [0.2, 0.25) is 5.91 Å². The van der Waals surface area contributed by atoms with E-state index in [1.54, 1.807) is 12.0 Å². The number of fused-ring (bicyclic) bond motifs is 1. The Morgan fingerprint density at radius 1 is 1.17 bits per heavy atom. The average molecular weight is 324 g/mol. The molecule has 1 heterocycles. The van der Waals surface area contributed by atoms with Gasteiger partial charge in [-0.15, -0.1) is 0 Å². The molecule has 1 aliphatic rings. The highest BCUT2D eigenvalue weighted by Gasteiger charge is 2.36. The van der Waals surface area contributed by atoms with Gasteiger partial charge in [-0.25, -0.2) is 0 Å². The highest BCUT2D eigenvalue weighted by Crippen LogP contribution is 2.31. The molecule has 1 atom stereocenters. The van der Waals surface area contributed by atoms with Gasteiger partial charge in [0.1, 0.15) is 6.04 Å². The van der Waals surface area contributed by atoms with Crippen molar-refractivity contribution in [1.82, 2.24) is 10.2 Å². The summed E-state index contributed by atoms with van der Waals surface area (Å²) in [6.45, 7) is 1.28. The van der Waals surface area contributed by atoms with Gasteiger partial charge in [-0.1, -0.05) is 48.5 Å². The Morgan fingerprint density at radius 3 is 2.58 bits per heavy atom. The first-order valence-electron chi connectivity index (χ1n) is 7.93. The fraction of sp³-hybridized carbons (Fsp3) is 0.263. The number of rotatable bonds is 6. The molecule has 2 amide bonds. The number of benzene rings is 2. The van der Waals surface area contributed by atoms with E-state index in [2.05, 4.69) is 5.32 Å². The topological polar surface area (TPSA) is 58.6 Å². The third-order valence-electron chi connectivity index (χ3n) is 4.13. The molecule has 24 heavy (non-hydrogen) atoms. The summed E-state index contributed by atoms with van der Waals surface area (Å²) in [6.07, 6.45) is 0. The minimum absolute atomic E-state index is 0.110. The van der Waals surface area contributed by atoms with Gasteiger partial charge >= 0.3 is 0 Å². The van der Waals surface area contributed by atoms with Crippen molar-refractivity contribution in [3.05, 3.63) is 71.3 Å². The predicted octanol–water partition coefficient (Wildman–Crippen LogP) is 2.15. The van der Waals surface area contributed by atoms with Crippen LogP contribution in [-0.2, 0) is 16.1 Å². The van der Waals surface area contributed by atoms with Crippen LogP contribution in [-0.4, -0.2) is 37.0 Å². The summed E-state index contributed by atoms with van der Waals surface area (Å²) in [5.41, 5.74) is 2.42. The first-order valence-corrected chi connectivity index (χ1v) is 7.93. The highest BCUT2D eigenvalue weighted by atomic mass is 16.5. The lowest BCUT2D eigenvalue weighted by atomic mass is 10.0. The van der Waals surface area contributed by atoms with Crippen LogP contribution in [0.5, 0.6) is 0 Å². The Kier molecular flexibility index (Phi) is 4.91. The number of amides is 2. The van der Waals surface area contributed by atoms with Crippen LogP contribution in [0.15, 0.2) is 54.6 Å². The second-order valence-corrected chi connectivity index (χ2v) is 5.69. The maximum Gasteiger partial charge on any atom is 0.255 e. The minimum atomic E-state index is -0.650. The van der Waals surface area contributed by atoms with Crippen molar-refractivity contribution >= 4 is 11.8 Å². The van der Waals surface area contributed by atoms with Crippen LogP contribution in [0.3, 0.4) is 0 Å². The standard InChI is InChI=1S/C19H20N2O3/c1-24-12-11-20-18(22)17(14-7-3-2-4-8-14)21-13-15-9-5-6-10-16(15)19(21)23/h2-10,17H,11-13H2,1H3,(H,20,22)/t17-/m1/s1. The third-order valence-corrected chi connectivity index (χ3v) is 4.13. The number of carbonyl (C=O) groups is 2. The van der Waals surface area contributed by atoms with Gasteiger partial charge in [-0.2, -0.15) is 0 Å². The highest BCUT2D eigenvalue weighted by molar-refractivity contribution is 6.01. The summed E-state index contributed by atoms with van der Waals surface area (Å²) < 4.78 is 4.98. The van der Waals surface area contributed by atoms with Crippen molar-refractivity contribution < 1.29 is 14.3 Å². The van der Waals surface area contributed by atoms with E-state index in [0.29, 0.717) is 25.3 Å². The third kappa shape index (κ3) is 3.16. The second-order valence-electron chi connectivity index (χ2n) is 5.69. The van der Waals surface area contributed by atoms with Crippen molar-refractivity contribution in [2.24, 2.45) is 0 Å². The van der Waals surface area contributed by atoms with Crippen molar-refractivity contribution in [1.29, 1.82) is 0 Å². The molecule has 0 fully saturated rings. The summed E-state index contributed by atoms with van der Waals surface area (Å²) >= 11 is 0. The smallest absolute Gasteiger partial charge is 0.255 e. The Hall–Kier alpha value is -2.66. The van der Waals surface area contributed by atoms with E-state index in [0.717, 1.165) is 11.1 Å². The predicted molar refractivity (Wildman–Crippen MR) is 90.4 cm³/mol. The largest absolute Gasteiger partial charge is 0.383 e. The van der Waals surface area contributed by atoms with Gasteiger partial charge < -0.3 is 15.0 Å². The number of ether oxygens (including phenoxy) is 1. The van der Waals surface area contributed by atoms with Gasteiger partial charge in [-0.3, -0.25) is 9.59 Å². The van der Waals surface area contributed by atoms with Crippen molar-refractivity contribution in [2.75, 3.05) is 20.3 Å². The fourth-order valence-electron chi connectivity index (χ4n) is 2.97. The van der Waals surface area contributed by atoms with Gasteiger partial charge in [0.05, 0.1) is 6.61 Å². The number of carbonyl (C=O) groups excluding carboxylic acids is 2. The lowest BCUT2D eigenvalue weighted by Gasteiger charge is -2.27. The molecule has 0 radical (unpaired) electrons. The number of methoxy groups -OCH3 is 1. The molecule has 2 aromatic carbocycles. The molecule has 0 aromatic heterocycles. The molecule has 5 nitrogen and oxygen atoms in total.